The van der Waals surface area contributed by atoms with E-state index < -0.39 is 29.6 Å². The Morgan fingerprint density at radius 1 is 1.21 bits per heavy atom. The minimum atomic E-state index is -4.66. The number of ether oxygens (including phenoxy) is 3. The molecule has 2 atom stereocenters. The standard InChI is InChI=1S/C21H16ClF5N4O3/c1-10(11-5-6-15-16(7-11)34-21(26,27)33-15)32-17-8-12(9-28-29-17)31-14-4-2-3-13(22)18(14)19(30-31)20(23,24)25/h5-10,13H,2-4H2,1H3/t10-,13?/m0/s1. The van der Waals surface area contributed by atoms with Crippen LogP contribution in [0.5, 0.6) is 17.4 Å². The van der Waals surface area contributed by atoms with E-state index in [4.69, 9.17) is 16.3 Å². The third kappa shape index (κ3) is 4.10. The lowest BCUT2D eigenvalue weighted by molar-refractivity contribution is -0.286. The number of fused-ring (bicyclic) bond motifs is 2. The number of benzene rings is 1. The SMILES string of the molecule is C[C@H](Oc1cc(-n2nc(C(F)(F)F)c3c2CCCC3Cl)cnn1)c1ccc2c(c1)OC(F)(F)O2. The lowest BCUT2D eigenvalue weighted by atomic mass is 9.95. The Morgan fingerprint density at radius 2 is 1.97 bits per heavy atom. The second kappa shape index (κ2) is 7.97. The van der Waals surface area contributed by atoms with E-state index in [1.807, 2.05) is 0 Å². The average molecular weight is 503 g/mol. The highest BCUT2D eigenvalue weighted by Crippen LogP contribution is 2.44. The molecule has 0 radical (unpaired) electrons. The normalized spacial score (nSPS) is 19.6. The first-order valence-electron chi connectivity index (χ1n) is 10.2. The van der Waals surface area contributed by atoms with Crippen molar-refractivity contribution in [2.45, 2.75) is 50.1 Å². The maximum absolute atomic E-state index is 13.6. The molecule has 0 saturated heterocycles. The number of alkyl halides is 6. The fourth-order valence-corrected chi connectivity index (χ4v) is 4.41. The van der Waals surface area contributed by atoms with Crippen LogP contribution in [0.3, 0.4) is 0 Å². The number of rotatable bonds is 4. The molecule has 0 saturated carbocycles. The van der Waals surface area contributed by atoms with Crippen LogP contribution in [-0.4, -0.2) is 26.3 Å². The highest BCUT2D eigenvalue weighted by Gasteiger charge is 2.44. The van der Waals surface area contributed by atoms with Gasteiger partial charge in [0.05, 0.1) is 17.3 Å². The van der Waals surface area contributed by atoms with Crippen LogP contribution in [0.4, 0.5) is 22.0 Å². The van der Waals surface area contributed by atoms with Gasteiger partial charge in [0.25, 0.3) is 0 Å². The molecule has 2 aromatic heterocycles. The van der Waals surface area contributed by atoms with E-state index >= 15 is 0 Å². The molecule has 0 spiro atoms. The largest absolute Gasteiger partial charge is 0.586 e. The summed E-state index contributed by atoms with van der Waals surface area (Å²) in [7, 11) is 0. The summed E-state index contributed by atoms with van der Waals surface area (Å²) in [5.74, 6) is -0.246. The fraction of sp³-hybridized carbons (Fsp3) is 0.381. The molecule has 180 valence electrons. The molecule has 0 N–H and O–H groups in total. The summed E-state index contributed by atoms with van der Waals surface area (Å²) in [6.07, 6.45) is -6.41. The summed E-state index contributed by atoms with van der Waals surface area (Å²) in [5.41, 5.74) is 0.0209. The Morgan fingerprint density at radius 3 is 2.74 bits per heavy atom. The van der Waals surface area contributed by atoms with E-state index in [1.54, 1.807) is 6.92 Å². The first kappa shape index (κ1) is 22.6. The first-order valence-corrected chi connectivity index (χ1v) is 10.7. The van der Waals surface area contributed by atoms with Gasteiger partial charge in [0, 0.05) is 17.3 Å². The predicted molar refractivity (Wildman–Crippen MR) is 107 cm³/mol. The first-order chi connectivity index (χ1) is 16.0. The topological polar surface area (TPSA) is 71.3 Å². The third-order valence-electron chi connectivity index (χ3n) is 5.53. The van der Waals surface area contributed by atoms with Crippen molar-refractivity contribution >= 4 is 11.6 Å². The van der Waals surface area contributed by atoms with E-state index in [9.17, 15) is 22.0 Å². The van der Waals surface area contributed by atoms with Gasteiger partial charge in [0.1, 0.15) is 6.10 Å². The van der Waals surface area contributed by atoms with Crippen LogP contribution < -0.4 is 14.2 Å². The molecular weight excluding hydrogens is 487 g/mol. The summed E-state index contributed by atoms with van der Waals surface area (Å²) in [5, 5.41) is 10.7. The summed E-state index contributed by atoms with van der Waals surface area (Å²) in [6.45, 7) is 1.64. The van der Waals surface area contributed by atoms with Crippen LogP contribution in [0, 0.1) is 0 Å². The van der Waals surface area contributed by atoms with Gasteiger partial charge in [0.2, 0.25) is 5.88 Å². The van der Waals surface area contributed by atoms with Gasteiger partial charge in [-0.25, -0.2) is 4.68 Å². The molecule has 0 amide bonds. The zero-order valence-corrected chi connectivity index (χ0v) is 18.2. The second-order valence-corrected chi connectivity index (χ2v) is 8.39. The molecule has 1 aromatic carbocycles. The summed E-state index contributed by atoms with van der Waals surface area (Å²) >= 11 is 6.21. The minimum Gasteiger partial charge on any atom is -0.469 e. The van der Waals surface area contributed by atoms with Gasteiger partial charge in [0.15, 0.2) is 17.2 Å². The number of hydrogen-bond acceptors (Lipinski definition) is 6. The van der Waals surface area contributed by atoms with Crippen molar-refractivity contribution in [1.29, 1.82) is 0 Å². The van der Waals surface area contributed by atoms with Gasteiger partial charge in [-0.2, -0.15) is 23.4 Å². The summed E-state index contributed by atoms with van der Waals surface area (Å²) in [6, 6.07) is 5.59. The second-order valence-electron chi connectivity index (χ2n) is 7.86. The van der Waals surface area contributed by atoms with Crippen molar-refractivity contribution in [1.82, 2.24) is 20.0 Å². The monoisotopic (exact) mass is 502 g/mol. The van der Waals surface area contributed by atoms with Crippen LogP contribution in [0.2, 0.25) is 0 Å². The van der Waals surface area contributed by atoms with E-state index in [0.717, 1.165) is 0 Å². The summed E-state index contributed by atoms with van der Waals surface area (Å²) < 4.78 is 83.1. The van der Waals surface area contributed by atoms with Crippen LogP contribution in [0.1, 0.15) is 53.8 Å². The van der Waals surface area contributed by atoms with E-state index in [1.165, 1.54) is 35.1 Å². The maximum Gasteiger partial charge on any atom is 0.586 e. The van der Waals surface area contributed by atoms with Crippen LogP contribution in [0.15, 0.2) is 30.5 Å². The van der Waals surface area contributed by atoms with Gasteiger partial charge >= 0.3 is 12.5 Å². The van der Waals surface area contributed by atoms with Crippen molar-refractivity contribution in [2.24, 2.45) is 0 Å². The number of nitrogens with zero attached hydrogens (tertiary/aromatic N) is 4. The molecule has 3 aromatic rings. The Kier molecular flexibility index (Phi) is 5.30. The average Bonchev–Trinajstić information content (AvgIpc) is 3.30. The zero-order chi connectivity index (χ0) is 24.3. The Bertz CT molecular complexity index is 1250. The lowest BCUT2D eigenvalue weighted by Gasteiger charge is -2.19. The van der Waals surface area contributed by atoms with Crippen molar-refractivity contribution in [3.8, 4) is 23.1 Å². The van der Waals surface area contributed by atoms with Crippen LogP contribution in [0.25, 0.3) is 5.69 Å². The molecule has 0 bridgehead atoms. The molecule has 1 aliphatic heterocycles. The molecule has 0 fully saturated rings. The molecule has 2 aliphatic rings. The summed E-state index contributed by atoms with van der Waals surface area (Å²) in [4.78, 5) is 0. The molecule has 7 nitrogen and oxygen atoms in total. The molecular formula is C21H16ClF5N4O3. The highest BCUT2D eigenvalue weighted by molar-refractivity contribution is 6.21. The van der Waals surface area contributed by atoms with Crippen molar-refractivity contribution in [2.75, 3.05) is 0 Å². The molecule has 1 aliphatic carbocycles. The van der Waals surface area contributed by atoms with E-state index in [-0.39, 0.29) is 28.6 Å². The molecule has 34 heavy (non-hydrogen) atoms. The lowest BCUT2D eigenvalue weighted by Crippen LogP contribution is -2.25. The van der Waals surface area contributed by atoms with Crippen LogP contribution in [-0.2, 0) is 12.6 Å². The quantitative estimate of drug-likeness (QED) is 0.334. The Labute approximate surface area is 194 Å². The maximum atomic E-state index is 13.6. The Hall–Kier alpha value is -3.15. The molecule has 3 heterocycles. The van der Waals surface area contributed by atoms with Crippen molar-refractivity contribution in [3.05, 3.63) is 53.0 Å². The van der Waals surface area contributed by atoms with Crippen LogP contribution >= 0.6 is 11.6 Å². The number of hydrogen-bond donors (Lipinski definition) is 0. The van der Waals surface area contributed by atoms with Gasteiger partial charge in [-0.1, -0.05) is 6.07 Å². The predicted octanol–water partition coefficient (Wildman–Crippen LogP) is 5.76. The minimum absolute atomic E-state index is 0.00374. The third-order valence-corrected chi connectivity index (χ3v) is 5.97. The van der Waals surface area contributed by atoms with Crippen molar-refractivity contribution in [3.63, 3.8) is 0 Å². The van der Waals surface area contributed by atoms with Gasteiger partial charge in [-0.05, 0) is 43.9 Å². The zero-order valence-electron chi connectivity index (χ0n) is 17.4. The highest BCUT2D eigenvalue weighted by atomic mass is 35.5. The molecule has 13 heteroatoms. The van der Waals surface area contributed by atoms with E-state index in [2.05, 4.69) is 24.8 Å². The van der Waals surface area contributed by atoms with Gasteiger partial charge in [-0.15, -0.1) is 25.5 Å². The Balaban J connectivity index is 1.43. The van der Waals surface area contributed by atoms with Crippen molar-refractivity contribution < 1.29 is 36.2 Å². The van der Waals surface area contributed by atoms with Gasteiger partial charge in [-0.3, -0.25) is 0 Å². The number of halogens is 6. The van der Waals surface area contributed by atoms with E-state index in [0.29, 0.717) is 30.5 Å². The molecule has 5 rings (SSSR count). The fourth-order valence-electron chi connectivity index (χ4n) is 4.03. The van der Waals surface area contributed by atoms with Gasteiger partial charge < -0.3 is 14.2 Å². The molecule has 1 unspecified atom stereocenters. The number of aromatic nitrogens is 4. The smallest absolute Gasteiger partial charge is 0.469 e.